The molecule has 0 amide bonds. The van der Waals surface area contributed by atoms with E-state index in [1.165, 1.54) is 25.3 Å². The molecule has 92 valence electrons. The van der Waals surface area contributed by atoms with Crippen LogP contribution in [0.2, 0.25) is 6.55 Å². The minimum Gasteiger partial charge on any atom is -0.463 e. The van der Waals surface area contributed by atoms with Crippen LogP contribution in [0.15, 0.2) is 12.7 Å². The smallest absolute Gasteiger partial charge is 0.330 e. The van der Waals surface area contributed by atoms with Crippen LogP contribution >= 0.6 is 0 Å². The van der Waals surface area contributed by atoms with Gasteiger partial charge in [-0.25, -0.2) is 4.79 Å². The van der Waals surface area contributed by atoms with Gasteiger partial charge in [0.1, 0.15) is 0 Å². The maximum absolute atomic E-state index is 10.8. The van der Waals surface area contributed by atoms with Crippen molar-refractivity contribution < 1.29 is 14.3 Å². The fourth-order valence-electron chi connectivity index (χ4n) is 2.19. The first-order valence-electron chi connectivity index (χ1n) is 6.15. The van der Waals surface area contributed by atoms with E-state index in [1.54, 1.807) is 0 Å². The van der Waals surface area contributed by atoms with Gasteiger partial charge in [0, 0.05) is 12.7 Å². The Hall–Kier alpha value is -0.613. The topological polar surface area (TPSA) is 35.5 Å². The van der Waals surface area contributed by atoms with Gasteiger partial charge >= 0.3 is 5.97 Å². The molecule has 0 N–H and O–H groups in total. The molecule has 0 saturated carbocycles. The van der Waals surface area contributed by atoms with E-state index in [0.717, 1.165) is 19.4 Å². The maximum atomic E-state index is 10.8. The molecular formula is C12H22O3Si. The number of carbonyl (C=O) groups excluding carboxylic acids is 1. The fourth-order valence-corrected chi connectivity index (χ4v) is 3.74. The molecule has 0 aromatic carbocycles. The van der Waals surface area contributed by atoms with Crippen LogP contribution in [-0.2, 0) is 14.3 Å². The van der Waals surface area contributed by atoms with Crippen LogP contribution < -0.4 is 0 Å². The van der Waals surface area contributed by atoms with Crippen LogP contribution in [0.1, 0.15) is 32.1 Å². The third-order valence-electron chi connectivity index (χ3n) is 3.27. The van der Waals surface area contributed by atoms with E-state index in [4.69, 9.17) is 9.47 Å². The number of hydrogen-bond acceptors (Lipinski definition) is 3. The lowest BCUT2D eigenvalue weighted by molar-refractivity contribution is -0.138. The first-order valence-corrected chi connectivity index (χ1v) is 8.28. The summed E-state index contributed by atoms with van der Waals surface area (Å²) in [5, 5.41) is 0.179. The summed E-state index contributed by atoms with van der Waals surface area (Å²) in [6, 6.07) is 0. The first kappa shape index (κ1) is 13.5. The van der Waals surface area contributed by atoms with E-state index in [2.05, 4.69) is 13.1 Å². The van der Waals surface area contributed by atoms with Crippen molar-refractivity contribution in [3.63, 3.8) is 0 Å². The molecule has 4 heteroatoms. The van der Waals surface area contributed by atoms with Crippen molar-refractivity contribution in [2.75, 3.05) is 13.2 Å². The van der Waals surface area contributed by atoms with Gasteiger partial charge in [0.2, 0.25) is 0 Å². The van der Waals surface area contributed by atoms with Crippen molar-refractivity contribution in [2.45, 2.75) is 43.9 Å². The normalized spacial score (nSPS) is 25.8. The highest BCUT2D eigenvalue weighted by atomic mass is 28.2. The molecule has 0 spiro atoms. The minimum atomic E-state index is -0.327. The first-order chi connectivity index (χ1) is 7.72. The van der Waals surface area contributed by atoms with Gasteiger partial charge in [0.15, 0.2) is 0 Å². The fraction of sp³-hybridized carbons (Fsp3) is 0.750. The minimum absolute atomic E-state index is 0.174. The third-order valence-corrected chi connectivity index (χ3v) is 5.47. The van der Waals surface area contributed by atoms with E-state index in [0.29, 0.717) is 6.61 Å². The highest BCUT2D eigenvalue weighted by molar-refractivity contribution is 6.37. The lowest BCUT2D eigenvalue weighted by atomic mass is 10.0. The summed E-state index contributed by atoms with van der Waals surface area (Å²) < 4.78 is 10.9. The molecule has 16 heavy (non-hydrogen) atoms. The second kappa shape index (κ2) is 6.86. The second-order valence-corrected chi connectivity index (χ2v) is 6.31. The molecule has 1 rings (SSSR count). The van der Waals surface area contributed by atoms with Gasteiger partial charge in [0.05, 0.1) is 21.4 Å². The molecule has 0 aromatic rings. The molecule has 1 fully saturated rings. The molecule has 0 aliphatic carbocycles. The van der Waals surface area contributed by atoms with Crippen LogP contribution in [0.4, 0.5) is 0 Å². The van der Waals surface area contributed by atoms with E-state index in [-0.39, 0.29) is 20.7 Å². The zero-order chi connectivity index (χ0) is 11.9. The zero-order valence-corrected chi connectivity index (χ0v) is 11.6. The van der Waals surface area contributed by atoms with Crippen molar-refractivity contribution in [3.05, 3.63) is 12.7 Å². The highest BCUT2D eigenvalue weighted by Crippen LogP contribution is 2.28. The van der Waals surface area contributed by atoms with Gasteiger partial charge in [-0.1, -0.05) is 13.1 Å². The molecule has 1 aliphatic rings. The Morgan fingerprint density at radius 1 is 1.62 bits per heavy atom. The molecule has 0 aromatic heterocycles. The van der Waals surface area contributed by atoms with E-state index >= 15 is 0 Å². The van der Waals surface area contributed by atoms with Crippen molar-refractivity contribution in [2.24, 2.45) is 0 Å². The van der Waals surface area contributed by atoms with E-state index in [9.17, 15) is 4.79 Å². The number of carbonyl (C=O) groups is 1. The third kappa shape index (κ3) is 4.10. The van der Waals surface area contributed by atoms with Gasteiger partial charge in [0.25, 0.3) is 0 Å². The summed E-state index contributed by atoms with van der Waals surface area (Å²) in [6.45, 7) is 7.07. The molecular weight excluding hydrogens is 220 g/mol. The summed E-state index contributed by atoms with van der Waals surface area (Å²) in [6.07, 6.45) is 6.84. The number of hydrogen-bond donors (Lipinski definition) is 0. The van der Waals surface area contributed by atoms with Gasteiger partial charge in [-0.3, -0.25) is 0 Å². The van der Waals surface area contributed by atoms with Crippen molar-refractivity contribution in [1.82, 2.24) is 0 Å². The van der Waals surface area contributed by atoms with Crippen molar-refractivity contribution in [1.29, 1.82) is 0 Å². The number of rotatable bonds is 6. The number of ether oxygens (including phenoxy) is 2. The van der Waals surface area contributed by atoms with Crippen LogP contribution in [0.25, 0.3) is 0 Å². The molecule has 3 nitrogen and oxygen atoms in total. The molecule has 1 atom stereocenters. The summed E-state index contributed by atoms with van der Waals surface area (Å²) in [5.41, 5.74) is 0. The van der Waals surface area contributed by atoms with Crippen LogP contribution in [0, 0.1) is 0 Å². The lowest BCUT2D eigenvalue weighted by Crippen LogP contribution is -2.41. The highest BCUT2D eigenvalue weighted by Gasteiger charge is 2.30. The average Bonchev–Trinajstić information content (AvgIpc) is 2.35. The standard InChI is InChI=1S/C12H22O3Si/c1-3-11(13)14-9-6-8-12(16-2)7-4-5-10-15-12/h3H,1,4-10,16H2,2H3. The second-order valence-electron chi connectivity index (χ2n) is 4.32. The van der Waals surface area contributed by atoms with Gasteiger partial charge < -0.3 is 9.47 Å². The van der Waals surface area contributed by atoms with Crippen molar-refractivity contribution in [3.8, 4) is 0 Å². The largest absolute Gasteiger partial charge is 0.463 e. The quantitative estimate of drug-likeness (QED) is 0.307. The molecule has 1 unspecified atom stereocenters. The van der Waals surface area contributed by atoms with Gasteiger partial charge in [-0.2, -0.15) is 0 Å². The van der Waals surface area contributed by atoms with Crippen LogP contribution in [0.5, 0.6) is 0 Å². The van der Waals surface area contributed by atoms with Gasteiger partial charge in [-0.05, 0) is 32.1 Å². The Morgan fingerprint density at radius 3 is 3.00 bits per heavy atom. The van der Waals surface area contributed by atoms with Gasteiger partial charge in [-0.15, -0.1) is 0 Å². The molecule has 0 bridgehead atoms. The Balaban J connectivity index is 2.23. The Morgan fingerprint density at radius 2 is 2.44 bits per heavy atom. The predicted molar refractivity (Wildman–Crippen MR) is 67.3 cm³/mol. The summed E-state index contributed by atoms with van der Waals surface area (Å²) >= 11 is 0. The Kier molecular flexibility index (Phi) is 5.77. The Bertz CT molecular complexity index is 234. The lowest BCUT2D eigenvalue weighted by Gasteiger charge is -2.36. The average molecular weight is 242 g/mol. The van der Waals surface area contributed by atoms with Crippen LogP contribution in [-0.4, -0.2) is 33.9 Å². The van der Waals surface area contributed by atoms with Crippen molar-refractivity contribution >= 4 is 15.5 Å². The van der Waals surface area contributed by atoms with E-state index in [1.807, 2.05) is 0 Å². The zero-order valence-electron chi connectivity index (χ0n) is 10.2. The number of esters is 1. The summed E-state index contributed by atoms with van der Waals surface area (Å²) in [5.74, 6) is -0.327. The van der Waals surface area contributed by atoms with E-state index < -0.39 is 0 Å². The predicted octanol–water partition coefficient (Wildman–Crippen LogP) is 1.61. The molecule has 1 saturated heterocycles. The molecule has 1 heterocycles. The SMILES string of the molecule is C=CC(=O)OCCCC1([SiH2]C)CCCCO1. The molecule has 1 aliphatic heterocycles. The summed E-state index contributed by atoms with van der Waals surface area (Å²) in [4.78, 5) is 10.8. The van der Waals surface area contributed by atoms with Crippen LogP contribution in [0.3, 0.4) is 0 Å². The monoisotopic (exact) mass is 242 g/mol. The maximum Gasteiger partial charge on any atom is 0.330 e. The summed E-state index contributed by atoms with van der Waals surface area (Å²) in [7, 11) is -0.174. The Labute approximate surface area is 100 Å². The molecule has 0 radical (unpaired) electrons.